The van der Waals surface area contributed by atoms with Crippen molar-refractivity contribution in [2.24, 2.45) is 0 Å². The fourth-order valence-electron chi connectivity index (χ4n) is 1.91. The maximum Gasteiger partial charge on any atom is 0.337 e. The van der Waals surface area contributed by atoms with Crippen molar-refractivity contribution < 1.29 is 14.3 Å². The van der Waals surface area contributed by atoms with Crippen LogP contribution in [0.1, 0.15) is 15.9 Å². The number of hydrogen-bond donors (Lipinski definition) is 2. The highest BCUT2D eigenvalue weighted by atomic mass is 35.5. The molecule has 0 aliphatic carbocycles. The van der Waals surface area contributed by atoms with E-state index in [9.17, 15) is 9.59 Å². The van der Waals surface area contributed by atoms with Crippen molar-refractivity contribution in [1.29, 1.82) is 5.26 Å². The maximum absolute atomic E-state index is 12.0. The summed E-state index contributed by atoms with van der Waals surface area (Å²) in [4.78, 5) is 23.5. The van der Waals surface area contributed by atoms with E-state index in [1.807, 2.05) is 6.07 Å². The average molecular weight is 344 g/mol. The summed E-state index contributed by atoms with van der Waals surface area (Å²) in [6.07, 6.45) is 0. The Labute approximate surface area is 144 Å². The molecule has 6 nitrogen and oxygen atoms in total. The minimum absolute atomic E-state index is 0.00464. The van der Waals surface area contributed by atoms with Crippen LogP contribution in [0.2, 0.25) is 5.02 Å². The number of esters is 1. The number of carbonyl (C=O) groups excluding carboxylic acids is 2. The second kappa shape index (κ2) is 7.99. The largest absolute Gasteiger partial charge is 0.465 e. The van der Waals surface area contributed by atoms with Crippen LogP contribution in [0.25, 0.3) is 0 Å². The predicted octanol–water partition coefficient (Wildman–Crippen LogP) is 3.05. The number of halogens is 1. The van der Waals surface area contributed by atoms with Crippen molar-refractivity contribution in [2.45, 2.75) is 0 Å². The van der Waals surface area contributed by atoms with Gasteiger partial charge in [-0.05, 0) is 42.5 Å². The molecule has 0 spiro atoms. The van der Waals surface area contributed by atoms with Crippen LogP contribution in [0.5, 0.6) is 0 Å². The van der Waals surface area contributed by atoms with Gasteiger partial charge in [0.2, 0.25) is 5.91 Å². The van der Waals surface area contributed by atoms with Crippen molar-refractivity contribution in [2.75, 3.05) is 24.3 Å². The molecule has 0 fully saturated rings. The van der Waals surface area contributed by atoms with Gasteiger partial charge in [-0.2, -0.15) is 5.26 Å². The zero-order chi connectivity index (χ0) is 17.5. The highest BCUT2D eigenvalue weighted by Gasteiger charge is 2.11. The number of nitrogens with zero attached hydrogens (tertiary/aromatic N) is 1. The van der Waals surface area contributed by atoms with E-state index in [-0.39, 0.29) is 18.0 Å². The molecular formula is C17H14ClN3O3. The third-order valence-electron chi connectivity index (χ3n) is 3.13. The van der Waals surface area contributed by atoms with Crippen molar-refractivity contribution >= 4 is 34.9 Å². The van der Waals surface area contributed by atoms with Crippen LogP contribution in [0.15, 0.2) is 42.5 Å². The Hall–Kier alpha value is -3.04. The molecule has 2 aromatic rings. The monoisotopic (exact) mass is 343 g/mol. The number of amides is 1. The standard InChI is InChI=1S/C17H14ClN3O3/c1-24-17(23)12-4-7-14(18)15(8-12)21-16(22)10-20-13-5-2-11(9-19)3-6-13/h2-8,20H,10H2,1H3,(H,21,22). The highest BCUT2D eigenvalue weighted by molar-refractivity contribution is 6.33. The molecule has 0 saturated carbocycles. The molecule has 7 heteroatoms. The number of methoxy groups -OCH3 is 1. The molecule has 1 amide bonds. The van der Waals surface area contributed by atoms with E-state index in [2.05, 4.69) is 15.4 Å². The molecule has 0 atom stereocenters. The minimum atomic E-state index is -0.516. The van der Waals surface area contributed by atoms with Gasteiger partial charge in [-0.15, -0.1) is 0 Å². The normalized spacial score (nSPS) is 9.71. The Morgan fingerprint density at radius 1 is 1.21 bits per heavy atom. The van der Waals surface area contributed by atoms with Crippen molar-refractivity contribution in [3.63, 3.8) is 0 Å². The summed E-state index contributed by atoms with van der Waals surface area (Å²) < 4.78 is 4.63. The van der Waals surface area contributed by atoms with Crippen LogP contribution >= 0.6 is 11.6 Å². The third-order valence-corrected chi connectivity index (χ3v) is 3.46. The van der Waals surface area contributed by atoms with Crippen LogP contribution in [0.3, 0.4) is 0 Å². The van der Waals surface area contributed by atoms with Crippen LogP contribution in [-0.2, 0) is 9.53 Å². The molecular weight excluding hydrogens is 330 g/mol. The second-order valence-electron chi connectivity index (χ2n) is 4.78. The van der Waals surface area contributed by atoms with Crippen LogP contribution in [0, 0.1) is 11.3 Å². The van der Waals surface area contributed by atoms with E-state index in [1.165, 1.54) is 25.3 Å². The minimum Gasteiger partial charge on any atom is -0.465 e. The van der Waals surface area contributed by atoms with Gasteiger partial charge < -0.3 is 15.4 Å². The van der Waals surface area contributed by atoms with E-state index in [0.29, 0.717) is 22.0 Å². The Morgan fingerprint density at radius 2 is 1.92 bits per heavy atom. The van der Waals surface area contributed by atoms with Crippen LogP contribution in [-0.4, -0.2) is 25.5 Å². The summed E-state index contributed by atoms with van der Waals surface area (Å²) in [6, 6.07) is 13.2. The summed E-state index contributed by atoms with van der Waals surface area (Å²) >= 11 is 6.02. The van der Waals surface area contributed by atoms with E-state index in [1.54, 1.807) is 24.3 Å². The lowest BCUT2D eigenvalue weighted by Gasteiger charge is -2.10. The predicted molar refractivity (Wildman–Crippen MR) is 91.1 cm³/mol. The van der Waals surface area contributed by atoms with E-state index >= 15 is 0 Å². The molecule has 0 aliphatic heterocycles. The summed E-state index contributed by atoms with van der Waals surface area (Å²) in [5.41, 5.74) is 1.86. The number of anilines is 2. The quantitative estimate of drug-likeness (QED) is 0.814. The topological polar surface area (TPSA) is 91.2 Å². The number of ether oxygens (including phenoxy) is 1. The van der Waals surface area contributed by atoms with Gasteiger partial charge in [-0.3, -0.25) is 4.79 Å². The zero-order valence-electron chi connectivity index (χ0n) is 12.8. The van der Waals surface area contributed by atoms with Gasteiger partial charge in [0.1, 0.15) is 0 Å². The number of hydrogen-bond acceptors (Lipinski definition) is 5. The molecule has 0 radical (unpaired) electrons. The van der Waals surface area contributed by atoms with E-state index < -0.39 is 5.97 Å². The van der Waals surface area contributed by atoms with Crippen LogP contribution in [0.4, 0.5) is 11.4 Å². The molecule has 2 N–H and O–H groups in total. The van der Waals surface area contributed by atoms with Gasteiger partial charge in [0.25, 0.3) is 0 Å². The molecule has 24 heavy (non-hydrogen) atoms. The fourth-order valence-corrected chi connectivity index (χ4v) is 2.07. The number of rotatable bonds is 5. The lowest BCUT2D eigenvalue weighted by Crippen LogP contribution is -2.22. The Bertz CT molecular complexity index is 798. The summed E-state index contributed by atoms with van der Waals surface area (Å²) in [7, 11) is 1.27. The molecule has 0 saturated heterocycles. The first-order chi connectivity index (χ1) is 11.5. The number of carbonyl (C=O) groups is 2. The molecule has 2 aromatic carbocycles. The van der Waals surface area contributed by atoms with Gasteiger partial charge in [0.15, 0.2) is 0 Å². The fraction of sp³-hybridized carbons (Fsp3) is 0.118. The SMILES string of the molecule is COC(=O)c1ccc(Cl)c(NC(=O)CNc2ccc(C#N)cc2)c1. The number of nitrogens with one attached hydrogen (secondary N) is 2. The van der Waals surface area contributed by atoms with Gasteiger partial charge in [0.05, 0.1) is 41.6 Å². The molecule has 0 bridgehead atoms. The first-order valence-corrected chi connectivity index (χ1v) is 7.33. The van der Waals surface area contributed by atoms with Crippen molar-refractivity contribution in [3.05, 3.63) is 58.6 Å². The van der Waals surface area contributed by atoms with Gasteiger partial charge in [0, 0.05) is 5.69 Å². The zero-order valence-corrected chi connectivity index (χ0v) is 13.6. The average Bonchev–Trinajstić information content (AvgIpc) is 2.61. The summed E-state index contributed by atoms with van der Waals surface area (Å²) in [5, 5.41) is 14.6. The Kier molecular flexibility index (Phi) is 5.77. The Balaban J connectivity index is 1.99. The third kappa shape index (κ3) is 4.48. The second-order valence-corrected chi connectivity index (χ2v) is 5.18. The molecule has 0 aromatic heterocycles. The maximum atomic E-state index is 12.0. The molecule has 0 aliphatic rings. The number of benzene rings is 2. The molecule has 2 rings (SSSR count). The summed E-state index contributed by atoms with van der Waals surface area (Å²) in [5.74, 6) is -0.846. The lowest BCUT2D eigenvalue weighted by molar-refractivity contribution is -0.114. The molecule has 0 heterocycles. The molecule has 122 valence electrons. The van der Waals surface area contributed by atoms with Crippen molar-refractivity contribution in [1.82, 2.24) is 0 Å². The van der Waals surface area contributed by atoms with E-state index in [0.717, 1.165) is 0 Å². The van der Waals surface area contributed by atoms with Gasteiger partial charge in [-0.25, -0.2) is 4.79 Å². The molecule has 0 unspecified atom stereocenters. The van der Waals surface area contributed by atoms with Gasteiger partial charge in [-0.1, -0.05) is 11.6 Å². The Morgan fingerprint density at radius 3 is 2.54 bits per heavy atom. The van der Waals surface area contributed by atoms with E-state index in [4.69, 9.17) is 16.9 Å². The van der Waals surface area contributed by atoms with Crippen LogP contribution < -0.4 is 10.6 Å². The number of nitriles is 1. The van der Waals surface area contributed by atoms with Gasteiger partial charge >= 0.3 is 5.97 Å². The first kappa shape index (κ1) is 17.3. The lowest BCUT2D eigenvalue weighted by atomic mass is 10.2. The highest BCUT2D eigenvalue weighted by Crippen LogP contribution is 2.23. The first-order valence-electron chi connectivity index (χ1n) is 6.95. The smallest absolute Gasteiger partial charge is 0.337 e. The summed E-state index contributed by atoms with van der Waals surface area (Å²) in [6.45, 7) is 0.00464. The van der Waals surface area contributed by atoms with Crippen molar-refractivity contribution in [3.8, 4) is 6.07 Å².